The Bertz CT molecular complexity index is 234. The van der Waals surface area contributed by atoms with Gasteiger partial charge >= 0.3 is 0 Å². The highest BCUT2D eigenvalue weighted by Crippen LogP contribution is 2.53. The van der Waals surface area contributed by atoms with Crippen molar-refractivity contribution in [3.63, 3.8) is 0 Å². The van der Waals surface area contributed by atoms with Gasteiger partial charge in [-0.15, -0.1) is 0 Å². The van der Waals surface area contributed by atoms with E-state index in [1.165, 1.54) is 25.7 Å². The summed E-state index contributed by atoms with van der Waals surface area (Å²) in [6.07, 6.45) is 6.65. The Balaban J connectivity index is 1.98. The quantitative estimate of drug-likeness (QED) is 0.433. The molecule has 0 aromatic carbocycles. The summed E-state index contributed by atoms with van der Waals surface area (Å²) < 4.78 is 0. The molecule has 0 aromatic heterocycles. The Morgan fingerprint density at radius 3 is 2.75 bits per heavy atom. The van der Waals surface area contributed by atoms with Crippen LogP contribution in [0.4, 0.5) is 0 Å². The molecule has 0 heterocycles. The number of hydrogen-bond acceptors (Lipinski definition) is 2. The van der Waals surface area contributed by atoms with Crippen LogP contribution >= 0.6 is 0 Å². The third kappa shape index (κ3) is 0.782. The van der Waals surface area contributed by atoms with Crippen molar-refractivity contribution >= 4 is 5.71 Å². The molecule has 2 heteroatoms. The third-order valence-corrected chi connectivity index (χ3v) is 4.15. The average molecular weight is 165 g/mol. The molecule has 1 N–H and O–H groups in total. The van der Waals surface area contributed by atoms with Crippen LogP contribution in [0, 0.1) is 23.7 Å². The van der Waals surface area contributed by atoms with Gasteiger partial charge in [-0.25, -0.2) is 0 Å². The van der Waals surface area contributed by atoms with Crippen molar-refractivity contribution in [1.29, 1.82) is 0 Å². The second kappa shape index (κ2) is 2.24. The van der Waals surface area contributed by atoms with Crippen LogP contribution in [0.5, 0.6) is 0 Å². The Labute approximate surface area is 72.6 Å². The zero-order valence-electron chi connectivity index (χ0n) is 7.24. The van der Waals surface area contributed by atoms with Crippen molar-refractivity contribution in [3.8, 4) is 0 Å². The molecule has 4 atom stereocenters. The maximum absolute atomic E-state index is 8.86. The van der Waals surface area contributed by atoms with Crippen LogP contribution in [0.1, 0.15) is 32.1 Å². The van der Waals surface area contributed by atoms with E-state index >= 15 is 0 Å². The molecule has 12 heavy (non-hydrogen) atoms. The lowest BCUT2D eigenvalue weighted by Gasteiger charge is -2.34. The van der Waals surface area contributed by atoms with Gasteiger partial charge in [0.1, 0.15) is 0 Å². The van der Waals surface area contributed by atoms with Crippen molar-refractivity contribution in [1.82, 2.24) is 0 Å². The minimum absolute atomic E-state index is 0.666. The summed E-state index contributed by atoms with van der Waals surface area (Å²) in [7, 11) is 0. The van der Waals surface area contributed by atoms with Crippen molar-refractivity contribution in [2.75, 3.05) is 0 Å². The Kier molecular flexibility index (Phi) is 1.29. The molecule has 0 aromatic rings. The first-order valence-corrected chi connectivity index (χ1v) is 5.07. The van der Waals surface area contributed by atoms with Crippen molar-refractivity contribution in [2.45, 2.75) is 32.1 Å². The molecular weight excluding hydrogens is 150 g/mol. The van der Waals surface area contributed by atoms with Crippen molar-refractivity contribution < 1.29 is 5.21 Å². The number of rotatable bonds is 0. The van der Waals surface area contributed by atoms with Gasteiger partial charge in [0.15, 0.2) is 0 Å². The summed E-state index contributed by atoms with van der Waals surface area (Å²) in [6.45, 7) is 0. The molecular formula is C10H15NO. The molecule has 3 rings (SSSR count). The van der Waals surface area contributed by atoms with Crippen LogP contribution in [-0.2, 0) is 0 Å². The van der Waals surface area contributed by atoms with Gasteiger partial charge in [-0.3, -0.25) is 0 Å². The minimum atomic E-state index is 0.666. The minimum Gasteiger partial charge on any atom is -0.411 e. The van der Waals surface area contributed by atoms with Crippen molar-refractivity contribution in [3.05, 3.63) is 0 Å². The lowest BCUT2D eigenvalue weighted by Crippen LogP contribution is -2.30. The first kappa shape index (κ1) is 6.93. The molecule has 3 aliphatic carbocycles. The number of fused-ring (bicyclic) bond motifs is 2. The van der Waals surface area contributed by atoms with Gasteiger partial charge in [-0.2, -0.15) is 0 Å². The van der Waals surface area contributed by atoms with Gasteiger partial charge in [0, 0.05) is 5.92 Å². The summed E-state index contributed by atoms with van der Waals surface area (Å²) in [5.41, 5.74) is 1.12. The number of oxime groups is 1. The Morgan fingerprint density at radius 2 is 1.92 bits per heavy atom. The van der Waals surface area contributed by atoms with E-state index in [9.17, 15) is 0 Å². The summed E-state index contributed by atoms with van der Waals surface area (Å²) in [6, 6.07) is 0. The highest BCUT2D eigenvalue weighted by Gasteiger charge is 2.47. The van der Waals surface area contributed by atoms with E-state index in [0.29, 0.717) is 5.92 Å². The van der Waals surface area contributed by atoms with E-state index in [2.05, 4.69) is 5.16 Å². The molecule has 1 unspecified atom stereocenters. The molecule has 3 saturated carbocycles. The van der Waals surface area contributed by atoms with E-state index in [1.54, 1.807) is 0 Å². The number of nitrogens with zero attached hydrogens (tertiary/aromatic N) is 1. The molecule has 0 spiro atoms. The fourth-order valence-electron chi connectivity index (χ4n) is 3.83. The molecule has 0 radical (unpaired) electrons. The average Bonchev–Trinajstić information content (AvgIpc) is 2.29. The van der Waals surface area contributed by atoms with E-state index < -0.39 is 0 Å². The molecule has 3 fully saturated rings. The first-order valence-electron chi connectivity index (χ1n) is 5.07. The number of hydrogen-bond donors (Lipinski definition) is 1. The van der Waals surface area contributed by atoms with Crippen LogP contribution in [0.25, 0.3) is 0 Å². The maximum atomic E-state index is 8.86. The standard InChI is InChI=1S/C10H15NO/c12-11-10-5-7-1-6-2-8(3-7)9(10)4-6/h6-9,12H,1-5H2/b11-10+/t6-,7+,8-,9?/m0/s1. The normalized spacial score (nSPS) is 53.5. The van der Waals surface area contributed by atoms with Gasteiger partial charge < -0.3 is 5.21 Å². The molecule has 0 aliphatic heterocycles. The maximum Gasteiger partial charge on any atom is 0.0607 e. The summed E-state index contributed by atoms with van der Waals surface area (Å²) in [4.78, 5) is 0. The predicted molar refractivity (Wildman–Crippen MR) is 46.3 cm³/mol. The summed E-state index contributed by atoms with van der Waals surface area (Å²) in [5.74, 6) is 3.38. The highest BCUT2D eigenvalue weighted by molar-refractivity contribution is 5.88. The van der Waals surface area contributed by atoms with Gasteiger partial charge in [-0.1, -0.05) is 5.16 Å². The van der Waals surface area contributed by atoms with E-state index in [1.807, 2.05) is 0 Å². The molecule has 66 valence electrons. The largest absolute Gasteiger partial charge is 0.411 e. The van der Waals surface area contributed by atoms with Crippen LogP contribution in [-0.4, -0.2) is 10.9 Å². The van der Waals surface area contributed by atoms with Crippen LogP contribution < -0.4 is 0 Å². The van der Waals surface area contributed by atoms with Gasteiger partial charge in [0.2, 0.25) is 0 Å². The monoisotopic (exact) mass is 165 g/mol. The second-order valence-electron chi connectivity index (χ2n) is 4.84. The Morgan fingerprint density at radius 1 is 1.08 bits per heavy atom. The van der Waals surface area contributed by atoms with E-state index in [4.69, 9.17) is 5.21 Å². The molecule has 2 nitrogen and oxygen atoms in total. The first-order chi connectivity index (χ1) is 5.86. The van der Waals surface area contributed by atoms with Crippen LogP contribution in [0.15, 0.2) is 5.16 Å². The van der Waals surface area contributed by atoms with E-state index in [-0.39, 0.29) is 0 Å². The van der Waals surface area contributed by atoms with Gasteiger partial charge in [0.25, 0.3) is 0 Å². The topological polar surface area (TPSA) is 32.6 Å². The fourth-order valence-corrected chi connectivity index (χ4v) is 3.83. The lowest BCUT2D eigenvalue weighted by atomic mass is 9.71. The van der Waals surface area contributed by atoms with Crippen molar-refractivity contribution in [2.24, 2.45) is 28.8 Å². The smallest absolute Gasteiger partial charge is 0.0607 e. The molecule has 0 saturated heterocycles. The zero-order valence-corrected chi connectivity index (χ0v) is 7.24. The SMILES string of the molecule is O/N=C1\C[C@@H]2C[C@@H]3CC1[C@H](C2)C3. The summed E-state index contributed by atoms with van der Waals surface area (Å²) in [5, 5.41) is 12.3. The third-order valence-electron chi connectivity index (χ3n) is 4.15. The highest BCUT2D eigenvalue weighted by atomic mass is 16.4. The second-order valence-corrected chi connectivity index (χ2v) is 4.84. The molecule has 3 aliphatic rings. The van der Waals surface area contributed by atoms with Gasteiger partial charge in [0.05, 0.1) is 5.71 Å². The lowest BCUT2D eigenvalue weighted by molar-refractivity contribution is 0.232. The summed E-state index contributed by atoms with van der Waals surface area (Å²) >= 11 is 0. The Hall–Kier alpha value is -0.530. The zero-order chi connectivity index (χ0) is 8.13. The van der Waals surface area contributed by atoms with E-state index in [0.717, 1.165) is 29.9 Å². The molecule has 0 amide bonds. The van der Waals surface area contributed by atoms with Gasteiger partial charge in [-0.05, 0) is 49.9 Å². The fraction of sp³-hybridized carbons (Fsp3) is 0.900. The van der Waals surface area contributed by atoms with Crippen LogP contribution in [0.2, 0.25) is 0 Å². The predicted octanol–water partition coefficient (Wildman–Crippen LogP) is 2.27. The van der Waals surface area contributed by atoms with Crippen LogP contribution in [0.3, 0.4) is 0 Å². The molecule has 3 bridgehead atoms.